The van der Waals surface area contributed by atoms with Crippen LogP contribution in [0.3, 0.4) is 0 Å². The molecule has 27 heavy (non-hydrogen) atoms. The van der Waals surface area contributed by atoms with Gasteiger partial charge in [0.2, 0.25) is 0 Å². The van der Waals surface area contributed by atoms with Gasteiger partial charge in [0.15, 0.2) is 9.84 Å². The minimum Gasteiger partial charge on any atom is -0.329 e. The topological polar surface area (TPSA) is 67.3 Å². The molecule has 5 nitrogen and oxygen atoms in total. The van der Waals surface area contributed by atoms with E-state index < -0.39 is 9.84 Å². The van der Waals surface area contributed by atoms with Crippen LogP contribution >= 0.6 is 22.7 Å². The van der Waals surface area contributed by atoms with E-state index in [1.54, 1.807) is 22.4 Å². The van der Waals surface area contributed by atoms with Gasteiger partial charge in [-0.05, 0) is 17.9 Å². The zero-order chi connectivity index (χ0) is 18.9. The molecule has 1 aromatic carbocycles. The third-order valence-electron chi connectivity index (χ3n) is 4.55. The molecule has 3 heterocycles. The number of thiophene rings is 1. The highest BCUT2D eigenvalue weighted by molar-refractivity contribution is 7.91. The second-order valence-corrected chi connectivity index (χ2v) is 10.8. The van der Waals surface area contributed by atoms with Crippen LogP contribution < -0.4 is 0 Å². The third kappa shape index (κ3) is 4.12. The van der Waals surface area contributed by atoms with Gasteiger partial charge in [-0.2, -0.15) is 0 Å². The summed E-state index contributed by atoms with van der Waals surface area (Å²) in [6.45, 7) is 0.426. The average molecular weight is 419 g/mol. The van der Waals surface area contributed by atoms with Crippen LogP contribution in [0.4, 0.5) is 0 Å². The number of hydrogen-bond donors (Lipinski definition) is 0. The number of amides is 1. The molecule has 8 heteroatoms. The first-order valence-corrected chi connectivity index (χ1v) is 12.1. The fourth-order valence-electron chi connectivity index (χ4n) is 3.19. The summed E-state index contributed by atoms with van der Waals surface area (Å²) in [6, 6.07) is 13.3. The van der Waals surface area contributed by atoms with Gasteiger partial charge in [-0.1, -0.05) is 36.4 Å². The van der Waals surface area contributed by atoms with E-state index in [0.717, 1.165) is 15.4 Å². The summed E-state index contributed by atoms with van der Waals surface area (Å²) in [5.41, 5.74) is 0.967. The van der Waals surface area contributed by atoms with Crippen LogP contribution in [0, 0.1) is 0 Å². The number of hydrogen-bond acceptors (Lipinski definition) is 6. The molecule has 0 aliphatic carbocycles. The predicted octanol–water partition coefficient (Wildman–Crippen LogP) is 3.70. The molecule has 0 spiro atoms. The van der Waals surface area contributed by atoms with Gasteiger partial charge in [0.05, 0.1) is 24.2 Å². The highest BCUT2D eigenvalue weighted by Crippen LogP contribution is 2.29. The van der Waals surface area contributed by atoms with Crippen molar-refractivity contribution in [1.82, 2.24) is 9.88 Å². The van der Waals surface area contributed by atoms with Crippen molar-refractivity contribution in [2.75, 3.05) is 11.5 Å². The van der Waals surface area contributed by atoms with Crippen LogP contribution in [0.1, 0.15) is 21.0 Å². The number of carbonyl (C=O) groups excluding carboxylic acids is 1. The SMILES string of the molecule is O=C(c1cnc(-c2ccccc2)s1)N(Cc1cccs1)[C@H]1CCS(=O)(=O)C1. The molecule has 4 rings (SSSR count). The van der Waals surface area contributed by atoms with E-state index in [1.165, 1.54) is 11.3 Å². The van der Waals surface area contributed by atoms with Gasteiger partial charge in [-0.25, -0.2) is 13.4 Å². The summed E-state index contributed by atoms with van der Waals surface area (Å²) in [4.78, 5) is 20.9. The van der Waals surface area contributed by atoms with Crippen LogP contribution in [0.2, 0.25) is 0 Å². The Balaban J connectivity index is 1.61. The maximum Gasteiger partial charge on any atom is 0.266 e. The van der Waals surface area contributed by atoms with Gasteiger partial charge in [-0.15, -0.1) is 22.7 Å². The lowest BCUT2D eigenvalue weighted by Gasteiger charge is -2.27. The van der Waals surface area contributed by atoms with Crippen molar-refractivity contribution < 1.29 is 13.2 Å². The number of sulfone groups is 1. The lowest BCUT2D eigenvalue weighted by atomic mass is 10.2. The lowest BCUT2D eigenvalue weighted by Crippen LogP contribution is -2.40. The van der Waals surface area contributed by atoms with E-state index >= 15 is 0 Å². The summed E-state index contributed by atoms with van der Waals surface area (Å²) in [5, 5.41) is 2.75. The predicted molar refractivity (Wildman–Crippen MR) is 109 cm³/mol. The van der Waals surface area contributed by atoms with Crippen molar-refractivity contribution in [1.29, 1.82) is 0 Å². The first kappa shape index (κ1) is 18.3. The molecule has 1 aliphatic heterocycles. The number of thiazole rings is 1. The first-order valence-electron chi connectivity index (χ1n) is 8.57. The Kier molecular flexibility index (Phi) is 5.12. The summed E-state index contributed by atoms with van der Waals surface area (Å²) in [5.74, 6) is 0.0309. The number of benzene rings is 1. The number of nitrogens with zero attached hydrogens (tertiary/aromatic N) is 2. The Bertz CT molecular complexity index is 1030. The maximum absolute atomic E-state index is 13.2. The zero-order valence-electron chi connectivity index (χ0n) is 14.4. The molecule has 2 aromatic heterocycles. The van der Waals surface area contributed by atoms with E-state index in [2.05, 4.69) is 4.98 Å². The van der Waals surface area contributed by atoms with Gasteiger partial charge in [0.1, 0.15) is 9.88 Å². The highest BCUT2D eigenvalue weighted by Gasteiger charge is 2.35. The molecule has 0 bridgehead atoms. The molecule has 0 radical (unpaired) electrons. The molecule has 1 atom stereocenters. The number of rotatable bonds is 5. The molecule has 1 saturated heterocycles. The Labute approximate surface area is 166 Å². The van der Waals surface area contributed by atoms with Crippen LogP contribution in [-0.2, 0) is 16.4 Å². The van der Waals surface area contributed by atoms with Gasteiger partial charge >= 0.3 is 0 Å². The summed E-state index contributed by atoms with van der Waals surface area (Å²) in [6.07, 6.45) is 2.09. The normalized spacial score (nSPS) is 18.4. The van der Waals surface area contributed by atoms with E-state index in [9.17, 15) is 13.2 Å². The quantitative estimate of drug-likeness (QED) is 0.634. The van der Waals surface area contributed by atoms with Crippen molar-refractivity contribution in [2.45, 2.75) is 19.0 Å². The Morgan fingerprint density at radius 3 is 2.67 bits per heavy atom. The maximum atomic E-state index is 13.2. The first-order chi connectivity index (χ1) is 13.0. The van der Waals surface area contributed by atoms with E-state index in [-0.39, 0.29) is 23.5 Å². The smallest absolute Gasteiger partial charge is 0.266 e. The molecule has 3 aromatic rings. The monoisotopic (exact) mass is 418 g/mol. The van der Waals surface area contributed by atoms with Crippen LogP contribution in [-0.4, -0.2) is 41.8 Å². The van der Waals surface area contributed by atoms with E-state index in [1.807, 2.05) is 47.8 Å². The van der Waals surface area contributed by atoms with Crippen molar-refractivity contribution in [3.05, 3.63) is 63.8 Å². The Hall–Kier alpha value is -2.03. The second-order valence-electron chi connectivity index (χ2n) is 6.46. The van der Waals surface area contributed by atoms with Crippen molar-refractivity contribution in [2.24, 2.45) is 0 Å². The minimum absolute atomic E-state index is 0.0362. The van der Waals surface area contributed by atoms with E-state index in [0.29, 0.717) is 17.8 Å². The summed E-state index contributed by atoms with van der Waals surface area (Å²) in [7, 11) is -3.08. The van der Waals surface area contributed by atoms with Gasteiger partial charge < -0.3 is 4.90 Å². The summed E-state index contributed by atoms with van der Waals surface area (Å²) < 4.78 is 23.9. The molecule has 0 saturated carbocycles. The molecule has 140 valence electrons. The van der Waals surface area contributed by atoms with Crippen molar-refractivity contribution in [3.8, 4) is 10.6 Å². The lowest BCUT2D eigenvalue weighted by molar-refractivity contribution is 0.0688. The summed E-state index contributed by atoms with van der Waals surface area (Å²) >= 11 is 2.91. The Morgan fingerprint density at radius 2 is 2.00 bits per heavy atom. The molecule has 1 amide bonds. The molecular weight excluding hydrogens is 400 g/mol. The zero-order valence-corrected chi connectivity index (χ0v) is 16.9. The second kappa shape index (κ2) is 7.53. The van der Waals surface area contributed by atoms with Crippen molar-refractivity contribution in [3.63, 3.8) is 0 Å². The largest absolute Gasteiger partial charge is 0.329 e. The standard InChI is InChI=1S/C19H18N2O3S3/c22-19(17-11-20-18(26-17)14-5-2-1-3-6-14)21(12-16-7-4-9-25-16)15-8-10-27(23,24)13-15/h1-7,9,11,15H,8,10,12-13H2/t15-/m0/s1. The fourth-order valence-corrected chi connectivity index (χ4v) is 6.50. The molecule has 0 N–H and O–H groups in total. The van der Waals surface area contributed by atoms with Gasteiger partial charge in [-0.3, -0.25) is 4.79 Å². The van der Waals surface area contributed by atoms with Gasteiger partial charge in [0, 0.05) is 16.5 Å². The fraction of sp³-hybridized carbons (Fsp3) is 0.263. The van der Waals surface area contributed by atoms with Crippen LogP contribution in [0.5, 0.6) is 0 Å². The number of carbonyl (C=O) groups is 1. The molecule has 0 unspecified atom stereocenters. The van der Waals surface area contributed by atoms with E-state index in [4.69, 9.17) is 0 Å². The number of aromatic nitrogens is 1. The van der Waals surface area contributed by atoms with Crippen molar-refractivity contribution >= 4 is 38.4 Å². The molecular formula is C19H18N2O3S3. The average Bonchev–Trinajstić information content (AvgIpc) is 3.41. The third-order valence-corrected chi connectivity index (χ3v) is 8.20. The molecule has 1 fully saturated rings. The van der Waals surface area contributed by atoms with Gasteiger partial charge in [0.25, 0.3) is 5.91 Å². The Morgan fingerprint density at radius 1 is 1.19 bits per heavy atom. The van der Waals surface area contributed by atoms with Crippen LogP contribution in [0.15, 0.2) is 54.0 Å². The minimum atomic E-state index is -3.08. The highest BCUT2D eigenvalue weighted by atomic mass is 32.2. The molecule has 1 aliphatic rings. The van der Waals surface area contributed by atoms with Crippen LogP contribution in [0.25, 0.3) is 10.6 Å².